The second kappa shape index (κ2) is 12.0. The first-order valence-electron chi connectivity index (χ1n) is 16.3. The zero-order valence-electron chi connectivity index (χ0n) is 26.3. The first kappa shape index (κ1) is 28.3. The van der Waals surface area contributed by atoms with Crippen LogP contribution in [-0.4, -0.2) is 0 Å². The maximum Gasteiger partial charge on any atom is 0.0467 e. The molecule has 0 aliphatic rings. The summed E-state index contributed by atoms with van der Waals surface area (Å²) in [4.78, 5) is 2.35. The fourth-order valence-corrected chi connectivity index (χ4v) is 8.04. The van der Waals surface area contributed by atoms with Gasteiger partial charge in [0.2, 0.25) is 0 Å². The molecule has 1 aromatic heterocycles. The van der Waals surface area contributed by atoms with Crippen LogP contribution in [0.2, 0.25) is 0 Å². The summed E-state index contributed by atoms with van der Waals surface area (Å²) < 4.78 is 2.69. The Morgan fingerprint density at radius 2 is 0.854 bits per heavy atom. The van der Waals surface area contributed by atoms with Crippen LogP contribution in [-0.2, 0) is 0 Å². The van der Waals surface area contributed by atoms with Crippen molar-refractivity contribution in [3.05, 3.63) is 188 Å². The van der Waals surface area contributed by atoms with Gasteiger partial charge in [-0.2, -0.15) is 0 Å². The Balaban J connectivity index is 1.11. The van der Waals surface area contributed by atoms with Crippen LogP contribution in [0.1, 0.15) is 0 Å². The van der Waals surface area contributed by atoms with E-state index in [0.717, 1.165) is 17.1 Å². The first-order chi connectivity index (χ1) is 23.8. The van der Waals surface area contributed by atoms with Gasteiger partial charge in [-0.3, -0.25) is 0 Å². The molecule has 9 rings (SSSR count). The Labute approximate surface area is 284 Å². The summed E-state index contributed by atoms with van der Waals surface area (Å²) in [5, 5.41) is 5.27. The quantitative estimate of drug-likeness (QED) is 0.177. The molecule has 2 heteroatoms. The maximum atomic E-state index is 2.36. The van der Waals surface area contributed by atoms with E-state index in [1.807, 2.05) is 11.3 Å². The molecule has 9 aromatic rings. The lowest BCUT2D eigenvalue weighted by molar-refractivity contribution is 1.28. The number of hydrogen-bond donors (Lipinski definition) is 0. The normalized spacial score (nSPS) is 11.3. The van der Waals surface area contributed by atoms with E-state index in [1.165, 1.54) is 64.3 Å². The largest absolute Gasteiger partial charge is 0.310 e. The molecule has 0 radical (unpaired) electrons. The van der Waals surface area contributed by atoms with Crippen molar-refractivity contribution in [3.63, 3.8) is 0 Å². The molecule has 226 valence electrons. The van der Waals surface area contributed by atoms with Gasteiger partial charge in [-0.05, 0) is 92.7 Å². The predicted molar refractivity (Wildman–Crippen MR) is 208 cm³/mol. The average Bonchev–Trinajstić information content (AvgIpc) is 3.55. The van der Waals surface area contributed by atoms with Crippen molar-refractivity contribution in [2.24, 2.45) is 0 Å². The van der Waals surface area contributed by atoms with Crippen LogP contribution in [0.4, 0.5) is 17.1 Å². The molecule has 0 saturated carbocycles. The summed E-state index contributed by atoms with van der Waals surface area (Å²) >= 11 is 1.89. The number of benzene rings is 8. The minimum atomic E-state index is 1.12. The third-order valence-corrected chi connectivity index (χ3v) is 10.5. The monoisotopic (exact) mass is 629 g/mol. The van der Waals surface area contributed by atoms with Crippen molar-refractivity contribution in [2.75, 3.05) is 4.90 Å². The van der Waals surface area contributed by atoms with Gasteiger partial charge in [-0.25, -0.2) is 0 Å². The molecule has 8 aromatic carbocycles. The van der Waals surface area contributed by atoms with Gasteiger partial charge in [0.25, 0.3) is 0 Å². The Morgan fingerprint density at radius 3 is 1.56 bits per heavy atom. The highest BCUT2D eigenvalue weighted by atomic mass is 32.1. The van der Waals surface area contributed by atoms with E-state index in [2.05, 4.69) is 193 Å². The molecule has 0 saturated heterocycles. The third kappa shape index (κ3) is 5.13. The van der Waals surface area contributed by atoms with Crippen LogP contribution in [0.3, 0.4) is 0 Å². The molecule has 0 aliphatic heterocycles. The number of thiophene rings is 1. The van der Waals surface area contributed by atoms with Crippen LogP contribution in [0.5, 0.6) is 0 Å². The lowest BCUT2D eigenvalue weighted by atomic mass is 10.0. The summed E-state index contributed by atoms with van der Waals surface area (Å²) in [5.74, 6) is 0. The van der Waals surface area contributed by atoms with E-state index >= 15 is 0 Å². The zero-order valence-corrected chi connectivity index (χ0v) is 27.1. The maximum absolute atomic E-state index is 2.36. The minimum absolute atomic E-state index is 1.12. The van der Waals surface area contributed by atoms with Crippen LogP contribution in [0, 0.1) is 0 Å². The fraction of sp³-hybridized carbons (Fsp3) is 0. The van der Waals surface area contributed by atoms with E-state index in [-0.39, 0.29) is 0 Å². The molecule has 1 nitrogen and oxygen atoms in total. The number of nitrogens with zero attached hydrogens (tertiary/aromatic N) is 1. The van der Waals surface area contributed by atoms with Gasteiger partial charge in [-0.15, -0.1) is 11.3 Å². The van der Waals surface area contributed by atoms with Crippen molar-refractivity contribution in [2.45, 2.75) is 0 Å². The molecule has 0 amide bonds. The van der Waals surface area contributed by atoms with Crippen molar-refractivity contribution < 1.29 is 0 Å². The number of hydrogen-bond acceptors (Lipinski definition) is 2. The average molecular weight is 630 g/mol. The Hall–Kier alpha value is -5.96. The van der Waals surface area contributed by atoms with Crippen molar-refractivity contribution >= 4 is 59.3 Å². The number of rotatable bonds is 6. The third-order valence-electron chi connectivity index (χ3n) is 9.26. The van der Waals surface area contributed by atoms with E-state index in [1.54, 1.807) is 0 Å². The highest BCUT2D eigenvalue weighted by Gasteiger charge is 2.15. The van der Waals surface area contributed by atoms with Gasteiger partial charge >= 0.3 is 0 Å². The van der Waals surface area contributed by atoms with Crippen LogP contribution < -0.4 is 4.90 Å². The molecular weight excluding hydrogens is 599 g/mol. The Bertz CT molecular complexity index is 2530. The van der Waals surface area contributed by atoms with E-state index in [4.69, 9.17) is 0 Å². The second-order valence-electron chi connectivity index (χ2n) is 12.2. The predicted octanol–water partition coefficient (Wildman–Crippen LogP) is 13.7. The van der Waals surface area contributed by atoms with Crippen molar-refractivity contribution in [3.8, 4) is 33.4 Å². The second-order valence-corrected chi connectivity index (χ2v) is 13.2. The lowest BCUT2D eigenvalue weighted by Gasteiger charge is -2.26. The van der Waals surface area contributed by atoms with E-state index in [9.17, 15) is 0 Å². The Morgan fingerprint density at radius 1 is 0.312 bits per heavy atom. The molecule has 1 heterocycles. The lowest BCUT2D eigenvalue weighted by Crippen LogP contribution is -2.10. The zero-order chi connectivity index (χ0) is 31.9. The summed E-state index contributed by atoms with van der Waals surface area (Å²) in [7, 11) is 0. The van der Waals surface area contributed by atoms with Gasteiger partial charge in [0, 0.05) is 37.2 Å². The summed E-state index contributed by atoms with van der Waals surface area (Å²) in [6.45, 7) is 0. The SMILES string of the molecule is c1ccc(-c2ccc(N(c3ccc(-c4ccc5sc6c7ccccc7ccc6c5c4)cc3)c3cccc(-c4ccccc4)c3)cc2)cc1. The highest BCUT2D eigenvalue weighted by molar-refractivity contribution is 7.26. The molecule has 0 aliphatic carbocycles. The van der Waals surface area contributed by atoms with Crippen LogP contribution in [0.15, 0.2) is 188 Å². The number of anilines is 3. The van der Waals surface area contributed by atoms with Crippen molar-refractivity contribution in [1.29, 1.82) is 0 Å². The standard InChI is InChI=1S/C46H31NS/c1-3-10-32(11-4-1)34-18-24-39(25-19-34)47(41-16-9-15-37(30-41)33-12-5-2-6-13-33)40-26-20-35(21-27-40)38-23-29-45-44(31-38)43-28-22-36-14-7-8-17-42(36)46(43)48-45/h1-31H. The number of fused-ring (bicyclic) bond motifs is 5. The van der Waals surface area contributed by atoms with E-state index < -0.39 is 0 Å². The van der Waals surface area contributed by atoms with Crippen LogP contribution >= 0.6 is 11.3 Å². The molecule has 0 atom stereocenters. The molecule has 48 heavy (non-hydrogen) atoms. The van der Waals surface area contributed by atoms with Gasteiger partial charge in [-0.1, -0.05) is 140 Å². The summed E-state index contributed by atoms with van der Waals surface area (Å²) in [6.07, 6.45) is 0. The highest BCUT2D eigenvalue weighted by Crippen LogP contribution is 2.41. The van der Waals surface area contributed by atoms with Gasteiger partial charge in [0.1, 0.15) is 0 Å². The fourth-order valence-electron chi connectivity index (χ4n) is 6.82. The summed E-state index contributed by atoms with van der Waals surface area (Å²) in [6, 6.07) is 68.0. The van der Waals surface area contributed by atoms with Crippen molar-refractivity contribution in [1.82, 2.24) is 0 Å². The minimum Gasteiger partial charge on any atom is -0.310 e. The molecule has 0 spiro atoms. The molecular formula is C46H31NS. The first-order valence-corrected chi connectivity index (χ1v) is 17.2. The molecule has 0 fully saturated rings. The topological polar surface area (TPSA) is 3.24 Å². The van der Waals surface area contributed by atoms with E-state index in [0.29, 0.717) is 0 Å². The van der Waals surface area contributed by atoms with Gasteiger partial charge in [0.05, 0.1) is 0 Å². The van der Waals surface area contributed by atoms with Gasteiger partial charge in [0.15, 0.2) is 0 Å². The molecule has 0 N–H and O–H groups in total. The van der Waals surface area contributed by atoms with Crippen LogP contribution in [0.25, 0.3) is 64.3 Å². The Kier molecular flexibility index (Phi) is 7.07. The molecule has 0 unspecified atom stereocenters. The summed E-state index contributed by atoms with van der Waals surface area (Å²) in [5.41, 5.74) is 10.6. The molecule has 0 bridgehead atoms. The van der Waals surface area contributed by atoms with Gasteiger partial charge < -0.3 is 4.90 Å². The smallest absolute Gasteiger partial charge is 0.0467 e.